The van der Waals surface area contributed by atoms with E-state index in [1.165, 1.54) is 36.4 Å². The van der Waals surface area contributed by atoms with E-state index in [9.17, 15) is 18.0 Å². The number of nitrogens with zero attached hydrogens (tertiary/aromatic N) is 1. The summed E-state index contributed by atoms with van der Waals surface area (Å²) in [5.74, 6) is -1.19. The molecule has 9 heteroatoms. The van der Waals surface area contributed by atoms with Gasteiger partial charge in [0.2, 0.25) is 0 Å². The van der Waals surface area contributed by atoms with Crippen molar-refractivity contribution in [3.63, 3.8) is 0 Å². The number of benzene rings is 3. The van der Waals surface area contributed by atoms with E-state index in [1.54, 1.807) is 36.4 Å². The smallest absolute Gasteiger partial charge is 0.280 e. The summed E-state index contributed by atoms with van der Waals surface area (Å²) in [5, 5.41) is 0.892. The highest BCUT2D eigenvalue weighted by Gasteiger charge is 2.15. The molecule has 1 heterocycles. The van der Waals surface area contributed by atoms with Crippen molar-refractivity contribution in [2.24, 2.45) is 0 Å². The van der Waals surface area contributed by atoms with E-state index in [2.05, 4.69) is 20.6 Å². The molecule has 0 aliphatic heterocycles. The van der Waals surface area contributed by atoms with Gasteiger partial charge in [-0.1, -0.05) is 48.5 Å². The summed E-state index contributed by atoms with van der Waals surface area (Å²) >= 11 is 0. The number of sulfonamides is 1. The Morgan fingerprint density at radius 2 is 1.44 bits per heavy atom. The number of fused-ring (bicyclic) bond motifs is 1. The first-order valence-corrected chi connectivity index (χ1v) is 11.1. The first kappa shape index (κ1) is 21.0. The quantitative estimate of drug-likeness (QED) is 0.407. The molecule has 0 atom stereocenters. The topological polar surface area (TPSA) is 117 Å². The maximum Gasteiger partial charge on any atom is 0.288 e. The lowest BCUT2D eigenvalue weighted by Crippen LogP contribution is -2.42. The van der Waals surface area contributed by atoms with Crippen LogP contribution < -0.4 is 15.6 Å². The van der Waals surface area contributed by atoms with Crippen LogP contribution in [0.15, 0.2) is 95.9 Å². The van der Waals surface area contributed by atoms with Gasteiger partial charge < -0.3 is 0 Å². The zero-order valence-electron chi connectivity index (χ0n) is 16.6. The molecule has 0 bridgehead atoms. The Balaban J connectivity index is 1.43. The van der Waals surface area contributed by atoms with Gasteiger partial charge in [-0.3, -0.25) is 25.2 Å². The molecule has 160 valence electrons. The molecular formula is C23H18N4O4S. The van der Waals surface area contributed by atoms with E-state index in [4.69, 9.17) is 0 Å². The molecule has 4 rings (SSSR count). The Morgan fingerprint density at radius 1 is 0.719 bits per heavy atom. The first-order chi connectivity index (χ1) is 15.4. The van der Waals surface area contributed by atoms with Crippen LogP contribution in [0.2, 0.25) is 0 Å². The Morgan fingerprint density at radius 3 is 2.25 bits per heavy atom. The molecule has 0 saturated carbocycles. The van der Waals surface area contributed by atoms with Crippen LogP contribution in [0.5, 0.6) is 0 Å². The van der Waals surface area contributed by atoms with E-state index in [0.29, 0.717) is 5.52 Å². The molecule has 3 aromatic carbocycles. The summed E-state index contributed by atoms with van der Waals surface area (Å²) in [6.45, 7) is 0. The first-order valence-electron chi connectivity index (χ1n) is 9.57. The van der Waals surface area contributed by atoms with Gasteiger partial charge in [0.15, 0.2) is 0 Å². The van der Waals surface area contributed by atoms with E-state index < -0.39 is 21.8 Å². The van der Waals surface area contributed by atoms with Gasteiger partial charge in [-0.15, -0.1) is 0 Å². The highest BCUT2D eigenvalue weighted by atomic mass is 32.2. The molecule has 3 N–H and O–H groups in total. The predicted molar refractivity (Wildman–Crippen MR) is 120 cm³/mol. The molecule has 1 aromatic heterocycles. The number of pyridine rings is 1. The fourth-order valence-corrected chi connectivity index (χ4v) is 4.05. The second kappa shape index (κ2) is 8.86. The van der Waals surface area contributed by atoms with Crippen LogP contribution in [0.3, 0.4) is 0 Å². The van der Waals surface area contributed by atoms with E-state index >= 15 is 0 Å². The normalized spacial score (nSPS) is 11.0. The number of para-hydroxylation sites is 1. The van der Waals surface area contributed by atoms with Crippen molar-refractivity contribution in [2.45, 2.75) is 4.90 Å². The van der Waals surface area contributed by atoms with E-state index in [0.717, 1.165) is 5.39 Å². The zero-order chi connectivity index (χ0) is 22.6. The van der Waals surface area contributed by atoms with Gasteiger partial charge in [0.25, 0.3) is 21.8 Å². The van der Waals surface area contributed by atoms with Gasteiger partial charge in [0.05, 0.1) is 10.4 Å². The average molecular weight is 446 g/mol. The monoisotopic (exact) mass is 446 g/mol. The molecule has 0 aliphatic carbocycles. The van der Waals surface area contributed by atoms with Gasteiger partial charge >= 0.3 is 0 Å². The predicted octanol–water partition coefficient (Wildman–Crippen LogP) is 3.11. The number of hydrazine groups is 1. The average Bonchev–Trinajstić information content (AvgIpc) is 2.82. The molecule has 0 aliphatic rings. The van der Waals surface area contributed by atoms with Crippen LogP contribution in [0.4, 0.5) is 5.69 Å². The second-order valence-corrected chi connectivity index (χ2v) is 8.48. The van der Waals surface area contributed by atoms with Crippen LogP contribution in [-0.2, 0) is 10.0 Å². The van der Waals surface area contributed by atoms with Crippen LogP contribution in [-0.4, -0.2) is 25.2 Å². The number of anilines is 1. The molecule has 0 radical (unpaired) electrons. The van der Waals surface area contributed by atoms with Gasteiger partial charge in [0.1, 0.15) is 5.69 Å². The molecule has 0 saturated heterocycles. The highest BCUT2D eigenvalue weighted by molar-refractivity contribution is 7.92. The summed E-state index contributed by atoms with van der Waals surface area (Å²) in [4.78, 5) is 29.2. The molecule has 0 unspecified atom stereocenters. The minimum absolute atomic E-state index is 0.102. The minimum Gasteiger partial charge on any atom is -0.280 e. The third-order valence-corrected chi connectivity index (χ3v) is 5.95. The SMILES string of the molecule is O=C(NNC(=O)c1ccc2ccccc2n1)c1cccc(NS(=O)(=O)c2ccccc2)c1. The van der Waals surface area contributed by atoms with Crippen molar-refractivity contribution in [2.75, 3.05) is 4.72 Å². The van der Waals surface area contributed by atoms with Gasteiger partial charge in [-0.25, -0.2) is 13.4 Å². The van der Waals surface area contributed by atoms with Crippen molar-refractivity contribution >= 4 is 38.4 Å². The number of nitrogens with one attached hydrogen (secondary N) is 3. The van der Waals surface area contributed by atoms with Gasteiger partial charge in [-0.05, 0) is 42.5 Å². The fraction of sp³-hybridized carbons (Fsp3) is 0. The Labute approximate surface area is 184 Å². The maximum absolute atomic E-state index is 12.5. The molecule has 8 nitrogen and oxygen atoms in total. The van der Waals surface area contributed by atoms with Crippen LogP contribution in [0.25, 0.3) is 10.9 Å². The lowest BCUT2D eigenvalue weighted by molar-refractivity contribution is 0.0844. The molecular weight excluding hydrogens is 428 g/mol. The van der Waals surface area contributed by atoms with Gasteiger partial charge in [0, 0.05) is 16.6 Å². The molecule has 32 heavy (non-hydrogen) atoms. The Bertz CT molecular complexity index is 1410. The minimum atomic E-state index is -3.80. The molecule has 4 aromatic rings. The number of aromatic nitrogens is 1. The number of amides is 2. The number of hydrogen-bond acceptors (Lipinski definition) is 5. The largest absolute Gasteiger partial charge is 0.288 e. The van der Waals surface area contributed by atoms with Crippen LogP contribution >= 0.6 is 0 Å². The van der Waals surface area contributed by atoms with E-state index in [1.807, 2.05) is 18.2 Å². The Hall–Kier alpha value is -4.24. The standard InChI is InChI=1S/C23H18N4O4S/c28-22(25-26-23(29)21-14-13-16-7-4-5-12-20(16)24-21)17-8-6-9-18(15-17)27-32(30,31)19-10-2-1-3-11-19/h1-15,27H,(H,25,28)(H,26,29). The molecule has 0 spiro atoms. The third-order valence-electron chi connectivity index (χ3n) is 4.55. The van der Waals surface area contributed by atoms with Crippen molar-refractivity contribution in [1.29, 1.82) is 0 Å². The second-order valence-electron chi connectivity index (χ2n) is 6.80. The summed E-state index contributed by atoms with van der Waals surface area (Å²) < 4.78 is 27.4. The summed E-state index contributed by atoms with van der Waals surface area (Å²) in [6, 6.07) is 24.5. The van der Waals surface area contributed by atoms with Crippen LogP contribution in [0, 0.1) is 0 Å². The summed E-state index contributed by atoms with van der Waals surface area (Å²) in [6.07, 6.45) is 0. The maximum atomic E-state index is 12.5. The number of carbonyl (C=O) groups is 2. The molecule has 0 fully saturated rings. The van der Waals surface area contributed by atoms with E-state index in [-0.39, 0.29) is 21.8 Å². The van der Waals surface area contributed by atoms with Crippen molar-refractivity contribution in [1.82, 2.24) is 15.8 Å². The van der Waals surface area contributed by atoms with Gasteiger partial charge in [-0.2, -0.15) is 0 Å². The number of carbonyl (C=O) groups excluding carboxylic acids is 2. The van der Waals surface area contributed by atoms with Crippen molar-refractivity contribution < 1.29 is 18.0 Å². The fourth-order valence-electron chi connectivity index (χ4n) is 2.98. The Kier molecular flexibility index (Phi) is 5.82. The lowest BCUT2D eigenvalue weighted by Gasteiger charge is -2.10. The zero-order valence-corrected chi connectivity index (χ0v) is 17.5. The number of rotatable bonds is 5. The highest BCUT2D eigenvalue weighted by Crippen LogP contribution is 2.17. The summed E-state index contributed by atoms with van der Waals surface area (Å²) in [7, 11) is -3.80. The number of hydrogen-bond donors (Lipinski definition) is 3. The van der Waals surface area contributed by atoms with Crippen LogP contribution in [0.1, 0.15) is 20.8 Å². The lowest BCUT2D eigenvalue weighted by atomic mass is 10.2. The third kappa shape index (κ3) is 4.73. The summed E-state index contributed by atoms with van der Waals surface area (Å²) in [5.41, 5.74) is 5.80. The van der Waals surface area contributed by atoms with Crippen molar-refractivity contribution in [3.05, 3.63) is 102 Å². The van der Waals surface area contributed by atoms with Crippen molar-refractivity contribution in [3.8, 4) is 0 Å². The molecule has 2 amide bonds.